The first kappa shape index (κ1) is 7.80. The van der Waals surface area contributed by atoms with Crippen molar-refractivity contribution in [2.24, 2.45) is 0 Å². The summed E-state index contributed by atoms with van der Waals surface area (Å²) in [5.41, 5.74) is 0. The van der Waals surface area contributed by atoms with Crippen LogP contribution in [-0.2, 0) is 0 Å². The number of hydrogen-bond acceptors (Lipinski definition) is 2. The Kier molecular flexibility index (Phi) is 1.89. The summed E-state index contributed by atoms with van der Waals surface area (Å²) in [6.45, 7) is 3.43. The van der Waals surface area contributed by atoms with E-state index in [0.29, 0.717) is 12.1 Å². The third kappa shape index (κ3) is 1.25. The maximum absolute atomic E-state index is 4.06. The molecule has 2 heterocycles. The van der Waals surface area contributed by atoms with Gasteiger partial charge in [-0.25, -0.2) is 4.98 Å². The van der Waals surface area contributed by atoms with E-state index >= 15 is 0 Å². The number of aromatic nitrogens is 2. The molecule has 0 amide bonds. The zero-order valence-electron chi connectivity index (χ0n) is 7.64. The van der Waals surface area contributed by atoms with Crippen LogP contribution in [0.1, 0.15) is 19.4 Å². The molecule has 1 aromatic rings. The quantitative estimate of drug-likeness (QED) is 0.622. The van der Waals surface area contributed by atoms with Crippen molar-refractivity contribution in [1.29, 1.82) is 0 Å². The number of imidazole rings is 1. The predicted octanol–water partition coefficient (Wildman–Crippen LogP) is 1.15. The van der Waals surface area contributed by atoms with Crippen molar-refractivity contribution in [2.45, 2.75) is 25.4 Å². The van der Waals surface area contributed by atoms with Crippen LogP contribution in [0.4, 0.5) is 0 Å². The van der Waals surface area contributed by atoms with Crippen LogP contribution in [0.3, 0.4) is 0 Å². The van der Waals surface area contributed by atoms with Gasteiger partial charge in [0.05, 0.1) is 6.33 Å². The van der Waals surface area contributed by atoms with Crippen LogP contribution in [0.15, 0.2) is 18.7 Å². The number of likely N-dealkylation sites (tertiary alicyclic amines) is 1. The lowest BCUT2D eigenvalue weighted by atomic mass is 10.2. The van der Waals surface area contributed by atoms with Gasteiger partial charge in [-0.1, -0.05) is 0 Å². The molecule has 3 heteroatoms. The van der Waals surface area contributed by atoms with Crippen LogP contribution >= 0.6 is 0 Å². The van der Waals surface area contributed by atoms with Gasteiger partial charge in [-0.2, -0.15) is 0 Å². The van der Waals surface area contributed by atoms with Crippen molar-refractivity contribution in [2.75, 3.05) is 13.6 Å². The smallest absolute Gasteiger partial charge is 0.0948 e. The van der Waals surface area contributed by atoms with E-state index in [4.69, 9.17) is 0 Å². The topological polar surface area (TPSA) is 21.1 Å². The van der Waals surface area contributed by atoms with Crippen molar-refractivity contribution in [3.8, 4) is 0 Å². The highest BCUT2D eigenvalue weighted by Crippen LogP contribution is 2.24. The molecule has 0 saturated carbocycles. The number of rotatable bonds is 1. The van der Waals surface area contributed by atoms with Gasteiger partial charge in [-0.05, 0) is 20.4 Å². The Morgan fingerprint density at radius 1 is 1.50 bits per heavy atom. The molecule has 3 nitrogen and oxygen atoms in total. The molecule has 0 radical (unpaired) electrons. The molecule has 1 unspecified atom stereocenters. The van der Waals surface area contributed by atoms with E-state index in [0.717, 1.165) is 6.54 Å². The van der Waals surface area contributed by atoms with Crippen LogP contribution < -0.4 is 0 Å². The lowest BCUT2D eigenvalue weighted by Gasteiger charge is -2.12. The van der Waals surface area contributed by atoms with Crippen LogP contribution in [0.25, 0.3) is 0 Å². The lowest BCUT2D eigenvalue weighted by molar-refractivity contribution is 0.325. The molecule has 0 N–H and O–H groups in total. The Labute approximate surface area is 73.0 Å². The second-order valence-corrected chi connectivity index (χ2v) is 3.69. The Balaban J connectivity index is 2.09. The van der Waals surface area contributed by atoms with Gasteiger partial charge in [0.25, 0.3) is 0 Å². The second kappa shape index (κ2) is 2.90. The van der Waals surface area contributed by atoms with Gasteiger partial charge in [0.2, 0.25) is 0 Å². The van der Waals surface area contributed by atoms with Crippen molar-refractivity contribution in [3.63, 3.8) is 0 Å². The zero-order valence-corrected chi connectivity index (χ0v) is 7.64. The van der Waals surface area contributed by atoms with Gasteiger partial charge in [0, 0.05) is 31.0 Å². The van der Waals surface area contributed by atoms with E-state index in [1.54, 1.807) is 0 Å². The Hall–Kier alpha value is -0.830. The van der Waals surface area contributed by atoms with Crippen molar-refractivity contribution >= 4 is 0 Å². The van der Waals surface area contributed by atoms with Crippen LogP contribution in [0.2, 0.25) is 0 Å². The molecular formula is C9H15N3. The van der Waals surface area contributed by atoms with Gasteiger partial charge in [0.15, 0.2) is 0 Å². The molecular weight excluding hydrogens is 150 g/mol. The highest BCUT2D eigenvalue weighted by Gasteiger charge is 2.26. The second-order valence-electron chi connectivity index (χ2n) is 3.69. The van der Waals surface area contributed by atoms with Gasteiger partial charge in [-0.3, -0.25) is 0 Å². The molecule has 1 fully saturated rings. The molecule has 0 aromatic carbocycles. The molecule has 2 rings (SSSR count). The average molecular weight is 165 g/mol. The standard InChI is InChI=1S/C9H15N3/c1-8-5-9(6-11(8)2)12-4-3-10-7-12/h3-4,7-9H,5-6H2,1-2H3/t8?,9-/m0/s1. The van der Waals surface area contributed by atoms with Gasteiger partial charge < -0.3 is 9.47 Å². The van der Waals surface area contributed by atoms with Gasteiger partial charge >= 0.3 is 0 Å². The molecule has 0 aliphatic carbocycles. The normalized spacial score (nSPS) is 31.2. The van der Waals surface area contributed by atoms with E-state index in [-0.39, 0.29) is 0 Å². The predicted molar refractivity (Wildman–Crippen MR) is 48.0 cm³/mol. The molecule has 0 spiro atoms. The van der Waals surface area contributed by atoms with E-state index in [9.17, 15) is 0 Å². The molecule has 12 heavy (non-hydrogen) atoms. The fourth-order valence-electron chi connectivity index (χ4n) is 1.86. The van der Waals surface area contributed by atoms with Crippen molar-refractivity contribution in [1.82, 2.24) is 14.5 Å². The molecule has 1 aliphatic heterocycles. The first-order chi connectivity index (χ1) is 5.77. The SMILES string of the molecule is CC1C[C@H](n2ccnc2)CN1C. The number of hydrogen-bond donors (Lipinski definition) is 0. The monoisotopic (exact) mass is 165 g/mol. The van der Waals surface area contributed by atoms with Crippen molar-refractivity contribution in [3.05, 3.63) is 18.7 Å². The summed E-state index contributed by atoms with van der Waals surface area (Å²) in [6.07, 6.45) is 7.06. The number of likely N-dealkylation sites (N-methyl/N-ethyl adjacent to an activating group) is 1. The summed E-state index contributed by atoms with van der Waals surface area (Å²) in [7, 11) is 2.18. The van der Waals surface area contributed by atoms with Gasteiger partial charge in [0.1, 0.15) is 0 Å². The zero-order chi connectivity index (χ0) is 8.55. The van der Waals surface area contributed by atoms with Crippen LogP contribution in [-0.4, -0.2) is 34.1 Å². The molecule has 66 valence electrons. The third-order valence-electron chi connectivity index (χ3n) is 2.81. The Morgan fingerprint density at radius 3 is 2.83 bits per heavy atom. The molecule has 1 aliphatic rings. The average Bonchev–Trinajstić information content (AvgIpc) is 2.61. The summed E-state index contributed by atoms with van der Waals surface area (Å²) in [6, 6.07) is 1.34. The van der Waals surface area contributed by atoms with Crippen LogP contribution in [0, 0.1) is 0 Å². The minimum atomic E-state index is 0.632. The first-order valence-corrected chi connectivity index (χ1v) is 4.45. The highest BCUT2D eigenvalue weighted by molar-refractivity contribution is 4.88. The van der Waals surface area contributed by atoms with Gasteiger partial charge in [-0.15, -0.1) is 0 Å². The van der Waals surface area contributed by atoms with E-state index in [1.165, 1.54) is 6.42 Å². The summed E-state index contributed by atoms with van der Waals surface area (Å²) in [4.78, 5) is 6.45. The number of nitrogens with zero attached hydrogens (tertiary/aromatic N) is 3. The molecule has 2 atom stereocenters. The van der Waals surface area contributed by atoms with Crippen molar-refractivity contribution < 1.29 is 0 Å². The minimum absolute atomic E-state index is 0.632. The van der Waals surface area contributed by atoms with E-state index in [1.807, 2.05) is 12.5 Å². The summed E-state index contributed by atoms with van der Waals surface area (Å²) < 4.78 is 2.21. The summed E-state index contributed by atoms with van der Waals surface area (Å²) in [5.74, 6) is 0. The molecule has 0 bridgehead atoms. The minimum Gasteiger partial charge on any atom is -0.333 e. The lowest BCUT2D eigenvalue weighted by Crippen LogP contribution is -2.21. The maximum Gasteiger partial charge on any atom is 0.0948 e. The fourth-order valence-corrected chi connectivity index (χ4v) is 1.86. The molecule has 1 saturated heterocycles. The Morgan fingerprint density at radius 2 is 2.33 bits per heavy atom. The largest absolute Gasteiger partial charge is 0.333 e. The fraction of sp³-hybridized carbons (Fsp3) is 0.667. The van der Waals surface area contributed by atoms with Crippen LogP contribution in [0.5, 0.6) is 0 Å². The summed E-state index contributed by atoms with van der Waals surface area (Å²) in [5, 5.41) is 0. The highest BCUT2D eigenvalue weighted by atomic mass is 15.2. The summed E-state index contributed by atoms with van der Waals surface area (Å²) >= 11 is 0. The third-order valence-corrected chi connectivity index (χ3v) is 2.81. The van der Waals surface area contributed by atoms with E-state index < -0.39 is 0 Å². The Bertz CT molecular complexity index is 232. The first-order valence-electron chi connectivity index (χ1n) is 4.45. The molecule has 1 aromatic heterocycles. The maximum atomic E-state index is 4.06. The van der Waals surface area contributed by atoms with E-state index in [2.05, 4.69) is 34.6 Å².